The van der Waals surface area contributed by atoms with Crippen molar-refractivity contribution in [2.75, 3.05) is 0 Å². The first-order chi connectivity index (χ1) is 11.6. The van der Waals surface area contributed by atoms with Crippen molar-refractivity contribution >= 4 is 31.7 Å². The van der Waals surface area contributed by atoms with Crippen molar-refractivity contribution in [3.63, 3.8) is 0 Å². The van der Waals surface area contributed by atoms with E-state index < -0.39 is 10.0 Å². The predicted molar refractivity (Wildman–Crippen MR) is 94.9 cm³/mol. The largest absolute Gasteiger partial charge is 0.256 e. The highest BCUT2D eigenvalue weighted by molar-refractivity contribution is 7.89. The molecule has 2 aromatic heterocycles. The fourth-order valence-corrected chi connectivity index (χ4v) is 3.03. The van der Waals surface area contributed by atoms with Crippen LogP contribution in [0.15, 0.2) is 84.1 Å². The van der Waals surface area contributed by atoms with Gasteiger partial charge in [0.15, 0.2) is 5.03 Å². The summed E-state index contributed by atoms with van der Waals surface area (Å²) in [5, 5.41) is 7.52. The monoisotopic (exact) mass is 337 g/mol. The minimum absolute atomic E-state index is 0.0735. The highest BCUT2D eigenvalue weighted by atomic mass is 32.2. The predicted octanol–water partition coefficient (Wildman–Crippen LogP) is 3.12. The van der Waals surface area contributed by atoms with Gasteiger partial charge in [0.05, 0.1) is 5.52 Å². The Kier molecular flexibility index (Phi) is 4.50. The number of nitrogens with two attached hydrogens (primary N) is 1. The molecular formula is C18H15N3O2S. The number of hydrogen-bond acceptors (Lipinski definition) is 4. The van der Waals surface area contributed by atoms with E-state index in [9.17, 15) is 8.42 Å². The summed E-state index contributed by atoms with van der Waals surface area (Å²) in [4.78, 5) is 7.95. The third-order valence-electron chi connectivity index (χ3n) is 3.42. The van der Waals surface area contributed by atoms with Gasteiger partial charge >= 0.3 is 0 Å². The topological polar surface area (TPSA) is 85.9 Å². The lowest BCUT2D eigenvalue weighted by Crippen LogP contribution is -2.14. The molecule has 0 atom stereocenters. The second-order valence-corrected chi connectivity index (χ2v) is 6.56. The summed E-state index contributed by atoms with van der Waals surface area (Å²) in [6.07, 6.45) is 3.24. The maximum Gasteiger partial charge on any atom is 0.256 e. The molecule has 24 heavy (non-hydrogen) atoms. The maximum absolute atomic E-state index is 11.2. The summed E-state index contributed by atoms with van der Waals surface area (Å²) in [6.45, 7) is 0. The van der Waals surface area contributed by atoms with E-state index in [-0.39, 0.29) is 5.03 Å². The Hall–Kier alpha value is -2.83. The zero-order chi connectivity index (χ0) is 17.0. The molecule has 2 N–H and O–H groups in total. The lowest BCUT2D eigenvalue weighted by molar-refractivity contribution is 0.595. The van der Waals surface area contributed by atoms with Gasteiger partial charge in [0.25, 0.3) is 10.0 Å². The molecule has 4 aromatic rings. The average Bonchev–Trinajstić information content (AvgIpc) is 2.61. The van der Waals surface area contributed by atoms with Crippen molar-refractivity contribution in [3.8, 4) is 0 Å². The van der Waals surface area contributed by atoms with Gasteiger partial charge in [-0.15, -0.1) is 0 Å². The van der Waals surface area contributed by atoms with Crippen LogP contribution in [0.25, 0.3) is 21.7 Å². The van der Waals surface area contributed by atoms with Crippen LogP contribution in [0.1, 0.15) is 0 Å². The van der Waals surface area contributed by atoms with Crippen LogP contribution in [0, 0.1) is 0 Å². The number of primary sulfonamides is 1. The van der Waals surface area contributed by atoms with Crippen LogP contribution < -0.4 is 5.14 Å². The molecule has 0 bridgehead atoms. The lowest BCUT2D eigenvalue weighted by atomic mass is 10.2. The normalized spacial score (nSPS) is 11.0. The molecule has 5 nitrogen and oxygen atoms in total. The van der Waals surface area contributed by atoms with E-state index in [1.807, 2.05) is 42.6 Å². The van der Waals surface area contributed by atoms with Gasteiger partial charge in [0.2, 0.25) is 0 Å². The van der Waals surface area contributed by atoms with E-state index in [1.165, 1.54) is 11.6 Å². The highest BCUT2D eigenvalue weighted by Crippen LogP contribution is 2.18. The van der Waals surface area contributed by atoms with E-state index in [0.717, 1.165) is 10.9 Å². The number of benzene rings is 2. The highest BCUT2D eigenvalue weighted by Gasteiger charge is 2.12. The van der Waals surface area contributed by atoms with Gasteiger partial charge in [-0.3, -0.25) is 4.98 Å². The number of hydrogen-bond donors (Lipinski definition) is 1. The number of para-hydroxylation sites is 1. The summed E-state index contributed by atoms with van der Waals surface area (Å²) in [5.74, 6) is 0. The van der Waals surface area contributed by atoms with Gasteiger partial charge in [-0.05, 0) is 23.6 Å². The van der Waals surface area contributed by atoms with Gasteiger partial charge in [-0.2, -0.15) is 0 Å². The van der Waals surface area contributed by atoms with Gasteiger partial charge in [-0.1, -0.05) is 48.5 Å². The minimum atomic E-state index is -3.74. The summed E-state index contributed by atoms with van der Waals surface area (Å²) < 4.78 is 22.3. The third kappa shape index (κ3) is 3.56. The van der Waals surface area contributed by atoms with Crippen LogP contribution in [-0.4, -0.2) is 18.4 Å². The van der Waals surface area contributed by atoms with E-state index in [1.54, 1.807) is 18.2 Å². The van der Waals surface area contributed by atoms with Crippen molar-refractivity contribution in [1.29, 1.82) is 0 Å². The zero-order valence-corrected chi connectivity index (χ0v) is 13.5. The molecule has 0 amide bonds. The number of pyridine rings is 2. The first-order valence-electron chi connectivity index (χ1n) is 7.22. The molecule has 120 valence electrons. The standard InChI is InChI=1S/C9H8N2O2S.C9H7N/c10-14(12,13)9-8-4-2-1-3-7(8)5-6-11-9;1-2-6-9-8(4-1)5-3-7-10-9/h1-6H,(H2,10,12,13);1-7H. The number of fused-ring (bicyclic) bond motifs is 2. The van der Waals surface area contributed by atoms with Crippen LogP contribution in [0.5, 0.6) is 0 Å². The molecule has 0 unspecified atom stereocenters. The molecule has 0 saturated heterocycles. The van der Waals surface area contributed by atoms with Gasteiger partial charge in [0, 0.05) is 23.2 Å². The van der Waals surface area contributed by atoms with Crippen LogP contribution in [0.3, 0.4) is 0 Å². The smallest absolute Gasteiger partial charge is 0.256 e. The Morgan fingerprint density at radius 3 is 2.12 bits per heavy atom. The minimum Gasteiger partial charge on any atom is -0.256 e. The number of nitrogens with zero attached hydrogens (tertiary/aromatic N) is 2. The summed E-state index contributed by atoms with van der Waals surface area (Å²) >= 11 is 0. The first kappa shape index (κ1) is 16.0. The molecule has 0 spiro atoms. The Balaban J connectivity index is 0.000000149. The molecule has 4 rings (SSSR count). The molecule has 6 heteroatoms. The molecule has 0 aliphatic carbocycles. The van der Waals surface area contributed by atoms with E-state index >= 15 is 0 Å². The summed E-state index contributed by atoms with van der Waals surface area (Å²) in [7, 11) is -3.74. The Bertz CT molecular complexity index is 1020. The Morgan fingerprint density at radius 1 is 0.708 bits per heavy atom. The van der Waals surface area contributed by atoms with Crippen LogP contribution in [-0.2, 0) is 10.0 Å². The van der Waals surface area contributed by atoms with Crippen molar-refractivity contribution in [2.45, 2.75) is 5.03 Å². The summed E-state index contributed by atoms with van der Waals surface area (Å²) in [5.41, 5.74) is 1.06. The van der Waals surface area contributed by atoms with E-state index in [2.05, 4.69) is 22.1 Å². The van der Waals surface area contributed by atoms with Gasteiger partial charge in [0.1, 0.15) is 0 Å². The fraction of sp³-hybridized carbons (Fsp3) is 0. The molecule has 0 aliphatic rings. The number of rotatable bonds is 1. The zero-order valence-electron chi connectivity index (χ0n) is 12.7. The third-order valence-corrected chi connectivity index (χ3v) is 4.28. The molecule has 2 heterocycles. The van der Waals surface area contributed by atoms with E-state index in [0.29, 0.717) is 5.39 Å². The molecule has 0 saturated carbocycles. The maximum atomic E-state index is 11.2. The first-order valence-corrected chi connectivity index (χ1v) is 8.77. The molecule has 0 radical (unpaired) electrons. The molecule has 0 fully saturated rings. The molecule has 2 aromatic carbocycles. The molecule has 0 aliphatic heterocycles. The molecular weight excluding hydrogens is 322 g/mol. The van der Waals surface area contributed by atoms with E-state index in [4.69, 9.17) is 5.14 Å². The number of aromatic nitrogens is 2. The second kappa shape index (κ2) is 6.74. The Labute approximate surface area is 139 Å². The number of sulfonamides is 1. The fourth-order valence-electron chi connectivity index (χ4n) is 2.33. The van der Waals surface area contributed by atoms with Crippen LogP contribution in [0.2, 0.25) is 0 Å². The average molecular weight is 337 g/mol. The summed E-state index contributed by atoms with van der Waals surface area (Å²) in [6, 6.07) is 20.9. The van der Waals surface area contributed by atoms with Gasteiger partial charge in [-0.25, -0.2) is 18.5 Å². The second-order valence-electron chi connectivity index (χ2n) is 5.08. The van der Waals surface area contributed by atoms with Gasteiger partial charge < -0.3 is 0 Å². The van der Waals surface area contributed by atoms with Crippen molar-refractivity contribution in [1.82, 2.24) is 9.97 Å². The quantitative estimate of drug-likeness (QED) is 0.578. The lowest BCUT2D eigenvalue weighted by Gasteiger charge is -2.01. The Morgan fingerprint density at radius 2 is 1.38 bits per heavy atom. The van der Waals surface area contributed by atoms with Crippen molar-refractivity contribution < 1.29 is 8.42 Å². The SMILES string of the molecule is NS(=O)(=O)c1nccc2ccccc12.c1ccc2ncccc2c1. The van der Waals surface area contributed by atoms with Crippen LogP contribution >= 0.6 is 0 Å². The van der Waals surface area contributed by atoms with Crippen molar-refractivity contribution in [2.24, 2.45) is 5.14 Å². The van der Waals surface area contributed by atoms with Crippen LogP contribution in [0.4, 0.5) is 0 Å². The van der Waals surface area contributed by atoms with Crippen molar-refractivity contribution in [3.05, 3.63) is 79.1 Å².